The number of likely N-dealkylation sites (tertiary alicyclic amines) is 1. The average Bonchev–Trinajstić information content (AvgIpc) is 3.25. The molecule has 0 spiro atoms. The Morgan fingerprint density at radius 1 is 1.48 bits per heavy atom. The number of aliphatic imine (C=N–C) groups is 1. The first-order valence-electron chi connectivity index (χ1n) is 9.10. The third-order valence-corrected chi connectivity index (χ3v) is 5.86. The summed E-state index contributed by atoms with van der Waals surface area (Å²) in [6.07, 6.45) is -3.24. The molecule has 2 heterocycles. The van der Waals surface area contributed by atoms with Crippen LogP contribution in [-0.2, 0) is 0 Å². The molecule has 1 aromatic heterocycles. The molecule has 0 saturated carbocycles. The Balaban J connectivity index is 0.00000364. The fraction of sp³-hybridized carbons (Fsp3) is 0.722. The molecular formula is C18H30F3IN4S. The second-order valence-corrected chi connectivity index (χ2v) is 7.87. The van der Waals surface area contributed by atoms with Gasteiger partial charge in [0, 0.05) is 44.0 Å². The summed E-state index contributed by atoms with van der Waals surface area (Å²) < 4.78 is 37.9. The van der Waals surface area contributed by atoms with E-state index in [0.717, 1.165) is 32.0 Å². The van der Waals surface area contributed by atoms with Crippen LogP contribution in [0.4, 0.5) is 13.2 Å². The number of alkyl halides is 3. The van der Waals surface area contributed by atoms with E-state index >= 15 is 0 Å². The van der Waals surface area contributed by atoms with E-state index in [-0.39, 0.29) is 29.9 Å². The van der Waals surface area contributed by atoms with E-state index in [1.54, 1.807) is 25.3 Å². The second kappa shape index (κ2) is 11.5. The minimum atomic E-state index is -4.14. The molecule has 9 heteroatoms. The van der Waals surface area contributed by atoms with Crippen LogP contribution in [0.25, 0.3) is 0 Å². The Morgan fingerprint density at radius 3 is 2.78 bits per heavy atom. The van der Waals surface area contributed by atoms with Crippen molar-refractivity contribution >= 4 is 41.3 Å². The third kappa shape index (κ3) is 8.15. The van der Waals surface area contributed by atoms with Gasteiger partial charge in [0.2, 0.25) is 0 Å². The van der Waals surface area contributed by atoms with Crippen LogP contribution in [0.5, 0.6) is 0 Å². The van der Waals surface area contributed by atoms with Gasteiger partial charge in [0.05, 0.1) is 6.54 Å². The number of nitrogens with zero attached hydrogens (tertiary/aromatic N) is 3. The molecule has 0 amide bonds. The smallest absolute Gasteiger partial charge is 0.356 e. The van der Waals surface area contributed by atoms with Gasteiger partial charge in [-0.3, -0.25) is 9.89 Å². The first-order chi connectivity index (χ1) is 12.3. The molecule has 2 atom stereocenters. The molecule has 1 saturated heterocycles. The van der Waals surface area contributed by atoms with Gasteiger partial charge in [-0.05, 0) is 30.3 Å². The van der Waals surface area contributed by atoms with Crippen molar-refractivity contribution < 1.29 is 13.2 Å². The number of guanidine groups is 1. The van der Waals surface area contributed by atoms with Crippen molar-refractivity contribution in [1.29, 1.82) is 0 Å². The Morgan fingerprint density at radius 2 is 2.22 bits per heavy atom. The highest BCUT2D eigenvalue weighted by atomic mass is 127. The van der Waals surface area contributed by atoms with Gasteiger partial charge in [-0.2, -0.15) is 13.2 Å². The van der Waals surface area contributed by atoms with Crippen molar-refractivity contribution in [3.05, 3.63) is 22.4 Å². The minimum Gasteiger partial charge on any atom is -0.356 e. The quantitative estimate of drug-likeness (QED) is 0.333. The van der Waals surface area contributed by atoms with Crippen molar-refractivity contribution in [3.63, 3.8) is 0 Å². The van der Waals surface area contributed by atoms with Crippen molar-refractivity contribution in [2.75, 3.05) is 46.3 Å². The van der Waals surface area contributed by atoms with Crippen LogP contribution >= 0.6 is 35.3 Å². The van der Waals surface area contributed by atoms with Crippen molar-refractivity contribution in [2.24, 2.45) is 10.9 Å². The largest absolute Gasteiger partial charge is 0.401 e. The predicted octanol–water partition coefficient (Wildman–Crippen LogP) is 4.25. The fourth-order valence-electron chi connectivity index (χ4n) is 3.35. The van der Waals surface area contributed by atoms with E-state index in [4.69, 9.17) is 0 Å². The van der Waals surface area contributed by atoms with Crippen molar-refractivity contribution in [2.45, 2.75) is 32.4 Å². The van der Waals surface area contributed by atoms with Crippen LogP contribution < -0.4 is 5.32 Å². The van der Waals surface area contributed by atoms with E-state index in [9.17, 15) is 13.2 Å². The van der Waals surface area contributed by atoms with Crippen LogP contribution in [0, 0.1) is 5.92 Å². The van der Waals surface area contributed by atoms with Crippen LogP contribution in [0.2, 0.25) is 0 Å². The number of hydrogen-bond donors (Lipinski definition) is 1. The average molecular weight is 518 g/mol. The van der Waals surface area contributed by atoms with E-state index in [0.29, 0.717) is 19.0 Å². The third-order valence-electron chi connectivity index (χ3n) is 4.76. The summed E-state index contributed by atoms with van der Waals surface area (Å²) in [5.41, 5.74) is 0. The summed E-state index contributed by atoms with van der Waals surface area (Å²) in [7, 11) is 1.76. The second-order valence-electron chi connectivity index (χ2n) is 6.89. The molecule has 0 bridgehead atoms. The maximum absolute atomic E-state index is 12.6. The van der Waals surface area contributed by atoms with E-state index < -0.39 is 12.7 Å². The first kappa shape index (κ1) is 24.5. The van der Waals surface area contributed by atoms with Gasteiger partial charge in [-0.1, -0.05) is 19.9 Å². The summed E-state index contributed by atoms with van der Waals surface area (Å²) in [6, 6.07) is 4.18. The van der Waals surface area contributed by atoms with E-state index in [1.165, 1.54) is 9.78 Å². The van der Waals surface area contributed by atoms with Crippen molar-refractivity contribution in [1.82, 2.24) is 15.1 Å². The molecule has 2 rings (SSSR count). The van der Waals surface area contributed by atoms with Gasteiger partial charge in [-0.15, -0.1) is 35.3 Å². The summed E-state index contributed by atoms with van der Waals surface area (Å²) >= 11 is 1.75. The van der Waals surface area contributed by atoms with Crippen LogP contribution in [0.1, 0.15) is 31.1 Å². The number of nitrogens with one attached hydrogen (secondary N) is 1. The van der Waals surface area contributed by atoms with Crippen LogP contribution in [0.15, 0.2) is 22.5 Å². The zero-order valence-corrected chi connectivity index (χ0v) is 19.3. The molecule has 0 aliphatic carbocycles. The molecule has 156 valence electrons. The molecule has 1 aliphatic rings. The van der Waals surface area contributed by atoms with Crippen LogP contribution in [0.3, 0.4) is 0 Å². The van der Waals surface area contributed by atoms with Gasteiger partial charge in [0.1, 0.15) is 0 Å². The van der Waals surface area contributed by atoms with Gasteiger partial charge < -0.3 is 10.2 Å². The topological polar surface area (TPSA) is 30.9 Å². The first-order valence-corrected chi connectivity index (χ1v) is 9.98. The zero-order valence-electron chi connectivity index (χ0n) is 16.1. The lowest BCUT2D eigenvalue weighted by atomic mass is 10.1. The van der Waals surface area contributed by atoms with Gasteiger partial charge >= 0.3 is 6.18 Å². The summed E-state index contributed by atoms with van der Waals surface area (Å²) in [6.45, 7) is 6.41. The Labute approximate surface area is 181 Å². The predicted molar refractivity (Wildman–Crippen MR) is 117 cm³/mol. The normalized spacial score (nSPS) is 19.3. The molecule has 1 fully saturated rings. The molecule has 1 aromatic rings. The Bertz CT molecular complexity index is 565. The zero-order chi connectivity index (χ0) is 19.2. The standard InChI is InChI=1S/C18H29F3N4S.HI/c1-4-24(13-18(19,20)21)11-15-7-8-25(12-15)17(22-3)23-10-14(2)16-6-5-9-26-16;/h5-6,9,14-15H,4,7-8,10-13H2,1-3H3,(H,22,23);1H. The lowest BCUT2D eigenvalue weighted by molar-refractivity contribution is -0.146. The number of hydrogen-bond acceptors (Lipinski definition) is 3. The molecule has 4 nitrogen and oxygen atoms in total. The van der Waals surface area contributed by atoms with Gasteiger partial charge in [0.25, 0.3) is 0 Å². The fourth-order valence-corrected chi connectivity index (χ4v) is 4.13. The summed E-state index contributed by atoms with van der Waals surface area (Å²) in [5.74, 6) is 1.48. The molecule has 0 aromatic carbocycles. The lowest BCUT2D eigenvalue weighted by Crippen LogP contribution is -2.42. The number of halogens is 4. The summed E-state index contributed by atoms with van der Waals surface area (Å²) in [4.78, 5) is 9.34. The highest BCUT2D eigenvalue weighted by Crippen LogP contribution is 2.22. The van der Waals surface area contributed by atoms with E-state index in [1.807, 2.05) is 0 Å². The highest BCUT2D eigenvalue weighted by Gasteiger charge is 2.33. The molecular weight excluding hydrogens is 488 g/mol. The Hall–Kier alpha value is -0.550. The summed E-state index contributed by atoms with van der Waals surface area (Å²) in [5, 5.41) is 5.49. The van der Waals surface area contributed by atoms with Crippen LogP contribution in [-0.4, -0.2) is 68.3 Å². The molecule has 27 heavy (non-hydrogen) atoms. The van der Waals surface area contributed by atoms with Gasteiger partial charge in [-0.25, -0.2) is 0 Å². The van der Waals surface area contributed by atoms with Crippen molar-refractivity contribution in [3.8, 4) is 0 Å². The van der Waals surface area contributed by atoms with Gasteiger partial charge in [0.15, 0.2) is 5.96 Å². The molecule has 0 radical (unpaired) electrons. The monoisotopic (exact) mass is 518 g/mol. The maximum atomic E-state index is 12.6. The minimum absolute atomic E-state index is 0. The lowest BCUT2D eigenvalue weighted by Gasteiger charge is -2.26. The maximum Gasteiger partial charge on any atom is 0.401 e. The molecule has 1 aliphatic heterocycles. The SMILES string of the molecule is CCN(CC1CCN(C(=NC)NCC(C)c2cccs2)C1)CC(F)(F)F.I. The molecule has 1 N–H and O–H groups in total. The molecule has 2 unspecified atom stereocenters. The number of rotatable bonds is 7. The Kier molecular flexibility index (Phi) is 10.4. The van der Waals surface area contributed by atoms with E-state index in [2.05, 4.69) is 39.6 Å². The highest BCUT2D eigenvalue weighted by molar-refractivity contribution is 14.0. The number of thiophene rings is 1.